The molecule has 0 radical (unpaired) electrons. The summed E-state index contributed by atoms with van der Waals surface area (Å²) in [7, 11) is 1.50. The van der Waals surface area contributed by atoms with Gasteiger partial charge in [0.2, 0.25) is 0 Å². The SMILES string of the molecule is COc1ncc(CCCC(=O)O)cn1. The first-order valence-corrected chi connectivity index (χ1v) is 4.29. The molecule has 1 heterocycles. The van der Waals surface area contributed by atoms with Crippen LogP contribution in [0.3, 0.4) is 0 Å². The molecular formula is C9H12N2O3. The lowest BCUT2D eigenvalue weighted by Crippen LogP contribution is -1.97. The van der Waals surface area contributed by atoms with Gasteiger partial charge in [-0.05, 0) is 18.4 Å². The van der Waals surface area contributed by atoms with Crippen molar-refractivity contribution in [3.8, 4) is 6.01 Å². The molecule has 14 heavy (non-hydrogen) atoms. The van der Waals surface area contributed by atoms with Gasteiger partial charge in [-0.1, -0.05) is 0 Å². The Hall–Kier alpha value is -1.65. The molecule has 1 N–H and O–H groups in total. The highest BCUT2D eigenvalue weighted by Gasteiger charge is 1.99. The maximum absolute atomic E-state index is 10.2. The highest BCUT2D eigenvalue weighted by molar-refractivity contribution is 5.66. The first kappa shape index (κ1) is 10.4. The van der Waals surface area contributed by atoms with E-state index < -0.39 is 5.97 Å². The molecule has 0 atom stereocenters. The van der Waals surface area contributed by atoms with Gasteiger partial charge in [0.05, 0.1) is 7.11 Å². The molecule has 5 heteroatoms. The summed E-state index contributed by atoms with van der Waals surface area (Å²) < 4.78 is 4.80. The topological polar surface area (TPSA) is 72.3 Å². The zero-order valence-corrected chi connectivity index (χ0v) is 7.93. The van der Waals surface area contributed by atoms with E-state index in [2.05, 4.69) is 9.97 Å². The molecule has 76 valence electrons. The van der Waals surface area contributed by atoms with E-state index in [-0.39, 0.29) is 6.42 Å². The Labute approximate surface area is 81.8 Å². The van der Waals surface area contributed by atoms with Crippen LogP contribution >= 0.6 is 0 Å². The lowest BCUT2D eigenvalue weighted by atomic mass is 10.1. The molecule has 0 bridgehead atoms. The second kappa shape index (κ2) is 5.16. The molecule has 1 aromatic heterocycles. The van der Waals surface area contributed by atoms with Crippen molar-refractivity contribution >= 4 is 5.97 Å². The second-order valence-electron chi connectivity index (χ2n) is 2.83. The average Bonchev–Trinajstić information content (AvgIpc) is 2.18. The molecule has 0 saturated heterocycles. The Balaban J connectivity index is 2.40. The van der Waals surface area contributed by atoms with Gasteiger partial charge in [0.15, 0.2) is 0 Å². The summed E-state index contributed by atoms with van der Waals surface area (Å²) in [5, 5.41) is 8.42. The van der Waals surface area contributed by atoms with E-state index >= 15 is 0 Å². The third-order valence-corrected chi connectivity index (χ3v) is 1.72. The van der Waals surface area contributed by atoms with Crippen LogP contribution in [0.25, 0.3) is 0 Å². The lowest BCUT2D eigenvalue weighted by molar-refractivity contribution is -0.137. The molecule has 0 aliphatic heterocycles. The van der Waals surface area contributed by atoms with Gasteiger partial charge in [-0.2, -0.15) is 0 Å². The van der Waals surface area contributed by atoms with Crippen LogP contribution in [-0.4, -0.2) is 28.2 Å². The zero-order chi connectivity index (χ0) is 10.4. The summed E-state index contributed by atoms with van der Waals surface area (Å²) in [5.41, 5.74) is 0.923. The molecule has 0 unspecified atom stereocenters. The van der Waals surface area contributed by atoms with Crippen molar-refractivity contribution in [2.75, 3.05) is 7.11 Å². The fraction of sp³-hybridized carbons (Fsp3) is 0.444. The third kappa shape index (κ3) is 3.38. The summed E-state index contributed by atoms with van der Waals surface area (Å²) in [6, 6.07) is 0.326. The fourth-order valence-electron chi connectivity index (χ4n) is 1.02. The van der Waals surface area contributed by atoms with Crippen LogP contribution in [0.1, 0.15) is 18.4 Å². The van der Waals surface area contributed by atoms with Crippen molar-refractivity contribution in [1.29, 1.82) is 0 Å². The number of carboxylic acid groups (broad SMARTS) is 1. The molecule has 0 aliphatic rings. The number of aromatic nitrogens is 2. The number of aryl methyl sites for hydroxylation is 1. The number of rotatable bonds is 5. The van der Waals surface area contributed by atoms with Crippen LogP contribution in [0, 0.1) is 0 Å². The van der Waals surface area contributed by atoms with Gasteiger partial charge in [0.1, 0.15) is 0 Å². The molecule has 0 aromatic carbocycles. The molecular weight excluding hydrogens is 184 g/mol. The predicted octanol–water partition coefficient (Wildman–Crippen LogP) is 0.893. The molecule has 0 amide bonds. The molecule has 0 aliphatic carbocycles. The largest absolute Gasteiger partial charge is 0.481 e. The Morgan fingerprint density at radius 3 is 2.64 bits per heavy atom. The van der Waals surface area contributed by atoms with Crippen LogP contribution in [0.5, 0.6) is 6.01 Å². The van der Waals surface area contributed by atoms with Gasteiger partial charge < -0.3 is 9.84 Å². The number of nitrogens with zero attached hydrogens (tertiary/aromatic N) is 2. The lowest BCUT2D eigenvalue weighted by Gasteiger charge is -1.99. The maximum Gasteiger partial charge on any atom is 0.316 e. The number of aliphatic carboxylic acids is 1. The van der Waals surface area contributed by atoms with Crippen molar-refractivity contribution in [1.82, 2.24) is 9.97 Å². The van der Waals surface area contributed by atoms with Crippen LogP contribution in [-0.2, 0) is 11.2 Å². The van der Waals surface area contributed by atoms with Crippen LogP contribution in [0.15, 0.2) is 12.4 Å². The summed E-state index contributed by atoms with van der Waals surface area (Å²) >= 11 is 0. The van der Waals surface area contributed by atoms with E-state index in [1.54, 1.807) is 12.4 Å². The minimum atomic E-state index is -0.778. The second-order valence-corrected chi connectivity index (χ2v) is 2.83. The number of carboxylic acids is 1. The van der Waals surface area contributed by atoms with Crippen molar-refractivity contribution in [2.45, 2.75) is 19.3 Å². The Bertz CT molecular complexity index is 297. The first-order valence-electron chi connectivity index (χ1n) is 4.29. The van der Waals surface area contributed by atoms with Crippen molar-refractivity contribution in [3.05, 3.63) is 18.0 Å². The highest BCUT2D eigenvalue weighted by atomic mass is 16.5. The number of hydrogen-bond donors (Lipinski definition) is 1. The standard InChI is InChI=1S/C9H12N2O3/c1-14-9-10-5-7(6-11-9)3-2-4-8(12)13/h5-6H,2-4H2,1H3,(H,12,13). The molecule has 0 saturated carbocycles. The average molecular weight is 196 g/mol. The number of hydrogen-bond acceptors (Lipinski definition) is 4. The molecule has 1 aromatic rings. The normalized spacial score (nSPS) is 9.79. The highest BCUT2D eigenvalue weighted by Crippen LogP contribution is 2.05. The van der Waals surface area contributed by atoms with E-state index in [0.717, 1.165) is 5.56 Å². The smallest absolute Gasteiger partial charge is 0.316 e. The van der Waals surface area contributed by atoms with E-state index in [9.17, 15) is 4.79 Å². The number of methoxy groups -OCH3 is 1. The minimum absolute atomic E-state index is 0.173. The fourth-order valence-corrected chi connectivity index (χ4v) is 1.02. The quantitative estimate of drug-likeness (QED) is 0.757. The van der Waals surface area contributed by atoms with Gasteiger partial charge in [-0.3, -0.25) is 4.79 Å². The third-order valence-electron chi connectivity index (χ3n) is 1.72. The molecule has 0 fully saturated rings. The van der Waals surface area contributed by atoms with Crippen LogP contribution < -0.4 is 4.74 Å². The van der Waals surface area contributed by atoms with Crippen molar-refractivity contribution < 1.29 is 14.6 Å². The van der Waals surface area contributed by atoms with Gasteiger partial charge in [0.25, 0.3) is 0 Å². The monoisotopic (exact) mass is 196 g/mol. The Kier molecular flexibility index (Phi) is 3.84. The van der Waals surface area contributed by atoms with Gasteiger partial charge in [-0.15, -0.1) is 0 Å². The summed E-state index contributed by atoms with van der Waals surface area (Å²) in [6.07, 6.45) is 4.74. The summed E-state index contributed by atoms with van der Waals surface area (Å²) in [6.45, 7) is 0. The van der Waals surface area contributed by atoms with Gasteiger partial charge in [-0.25, -0.2) is 9.97 Å². The maximum atomic E-state index is 10.2. The minimum Gasteiger partial charge on any atom is -0.481 e. The number of ether oxygens (including phenoxy) is 1. The van der Waals surface area contributed by atoms with Gasteiger partial charge in [0, 0.05) is 18.8 Å². The first-order chi connectivity index (χ1) is 6.72. The van der Waals surface area contributed by atoms with E-state index in [1.807, 2.05) is 0 Å². The molecule has 1 rings (SSSR count). The Morgan fingerprint density at radius 2 is 2.14 bits per heavy atom. The summed E-state index contributed by atoms with van der Waals surface area (Å²) in [4.78, 5) is 18.1. The van der Waals surface area contributed by atoms with Crippen molar-refractivity contribution in [2.24, 2.45) is 0 Å². The Morgan fingerprint density at radius 1 is 1.50 bits per heavy atom. The predicted molar refractivity (Wildman–Crippen MR) is 49.2 cm³/mol. The molecule has 5 nitrogen and oxygen atoms in total. The summed E-state index contributed by atoms with van der Waals surface area (Å²) in [5.74, 6) is -0.778. The number of carbonyl (C=O) groups is 1. The zero-order valence-electron chi connectivity index (χ0n) is 7.93. The van der Waals surface area contributed by atoms with Crippen LogP contribution in [0.2, 0.25) is 0 Å². The van der Waals surface area contributed by atoms with E-state index in [1.165, 1.54) is 7.11 Å². The van der Waals surface area contributed by atoms with E-state index in [0.29, 0.717) is 18.9 Å². The van der Waals surface area contributed by atoms with Crippen molar-refractivity contribution in [3.63, 3.8) is 0 Å². The van der Waals surface area contributed by atoms with Gasteiger partial charge >= 0.3 is 12.0 Å². The molecule has 0 spiro atoms. The van der Waals surface area contributed by atoms with Crippen LogP contribution in [0.4, 0.5) is 0 Å². The van der Waals surface area contributed by atoms with E-state index in [4.69, 9.17) is 9.84 Å².